The van der Waals surface area contributed by atoms with Gasteiger partial charge in [-0.05, 0) is 56.9 Å². The normalized spacial score (nSPS) is 14.4. The lowest BCUT2D eigenvalue weighted by molar-refractivity contribution is -0.274. The molecule has 1 aliphatic heterocycles. The van der Waals surface area contributed by atoms with Crippen LogP contribution in [0.4, 0.5) is 19.0 Å². The number of anilines is 1. The van der Waals surface area contributed by atoms with Crippen LogP contribution in [0, 0.1) is 12.8 Å². The molecule has 39 heavy (non-hydrogen) atoms. The number of rotatable bonds is 9. The molecule has 0 spiro atoms. The predicted molar refractivity (Wildman–Crippen MR) is 140 cm³/mol. The van der Waals surface area contributed by atoms with E-state index in [1.54, 1.807) is 26.1 Å². The molecule has 12 heteroatoms. The number of thiazole rings is 1. The summed E-state index contributed by atoms with van der Waals surface area (Å²) in [5.74, 6) is -0.225. The van der Waals surface area contributed by atoms with Crippen LogP contribution in [-0.2, 0) is 22.4 Å². The van der Waals surface area contributed by atoms with E-state index in [1.807, 2.05) is 11.8 Å². The Bertz CT molecular complexity index is 1320. The minimum Gasteiger partial charge on any atom is -0.466 e. The summed E-state index contributed by atoms with van der Waals surface area (Å²) in [7, 11) is 0. The molecule has 4 rings (SSSR count). The molecule has 1 saturated heterocycles. The van der Waals surface area contributed by atoms with Crippen LogP contribution < -0.4 is 9.64 Å². The minimum absolute atomic E-state index is 0.00560. The van der Waals surface area contributed by atoms with Gasteiger partial charge in [-0.2, -0.15) is 0 Å². The largest absolute Gasteiger partial charge is 0.573 e. The summed E-state index contributed by atoms with van der Waals surface area (Å²) in [4.78, 5) is 41.1. The summed E-state index contributed by atoms with van der Waals surface area (Å²) in [5.41, 5.74) is 1.83. The van der Waals surface area contributed by atoms with E-state index in [0.717, 1.165) is 4.88 Å². The number of aryl methyl sites for hydroxylation is 2. The average Bonchev–Trinajstić information content (AvgIpc) is 3.30. The zero-order chi connectivity index (χ0) is 28.2. The molecule has 208 valence electrons. The monoisotopic (exact) mass is 562 g/mol. The first kappa shape index (κ1) is 28.5. The second-order valence-corrected chi connectivity index (χ2v) is 10.4. The number of Topliss-reactive ketones (excluding diaryl/α,β-unsaturated/α-hetero) is 1. The fourth-order valence-corrected chi connectivity index (χ4v) is 5.51. The standard InChI is InChI=1S/C27H29F3N4O4S/c1-4-22-25(18-10-16(3)11-19(12-18)38-27(28,29)30)33-24(39-22)13-21(35)20-14-32-23(15-31-20)34-8-6-17(7-9-34)26(36)37-5-2/h10-12,14-15,17H,4-9,13H2,1-3H3. The third kappa shape index (κ3) is 7.31. The van der Waals surface area contributed by atoms with Crippen LogP contribution in [0.2, 0.25) is 0 Å². The number of nitrogens with zero attached hydrogens (tertiary/aromatic N) is 4. The second-order valence-electron chi connectivity index (χ2n) is 9.19. The molecule has 2 aromatic heterocycles. The number of ether oxygens (including phenoxy) is 2. The van der Waals surface area contributed by atoms with Crippen molar-refractivity contribution in [2.45, 2.75) is 52.8 Å². The van der Waals surface area contributed by atoms with Gasteiger partial charge in [0.2, 0.25) is 0 Å². The van der Waals surface area contributed by atoms with Crippen LogP contribution >= 0.6 is 11.3 Å². The lowest BCUT2D eigenvalue weighted by Gasteiger charge is -2.31. The molecule has 8 nitrogen and oxygen atoms in total. The highest BCUT2D eigenvalue weighted by molar-refractivity contribution is 7.12. The minimum atomic E-state index is -4.80. The van der Waals surface area contributed by atoms with Gasteiger partial charge in [0.15, 0.2) is 5.78 Å². The summed E-state index contributed by atoms with van der Waals surface area (Å²) in [5, 5.41) is 0.540. The van der Waals surface area contributed by atoms with E-state index in [9.17, 15) is 22.8 Å². The van der Waals surface area contributed by atoms with Gasteiger partial charge >= 0.3 is 12.3 Å². The highest BCUT2D eigenvalue weighted by Crippen LogP contribution is 2.34. The lowest BCUT2D eigenvalue weighted by Crippen LogP contribution is -2.37. The van der Waals surface area contributed by atoms with E-state index >= 15 is 0 Å². The molecule has 3 heterocycles. The van der Waals surface area contributed by atoms with Crippen LogP contribution in [0.1, 0.15) is 52.6 Å². The summed E-state index contributed by atoms with van der Waals surface area (Å²) in [6.45, 7) is 7.04. The Hall–Kier alpha value is -3.54. The Morgan fingerprint density at radius 1 is 1.10 bits per heavy atom. The number of hydrogen-bond donors (Lipinski definition) is 0. The van der Waals surface area contributed by atoms with Gasteiger partial charge in [-0.1, -0.05) is 6.92 Å². The van der Waals surface area contributed by atoms with Gasteiger partial charge in [-0.3, -0.25) is 9.59 Å². The molecule has 0 bridgehead atoms. The highest BCUT2D eigenvalue weighted by Gasteiger charge is 2.31. The van der Waals surface area contributed by atoms with Crippen molar-refractivity contribution < 1.29 is 32.2 Å². The van der Waals surface area contributed by atoms with Crippen molar-refractivity contribution in [2.75, 3.05) is 24.6 Å². The maximum atomic E-state index is 12.9. The molecule has 0 aliphatic carbocycles. The summed E-state index contributed by atoms with van der Waals surface area (Å²) in [6.07, 6.45) is 0.119. The molecule has 3 aromatic rings. The third-order valence-electron chi connectivity index (χ3n) is 6.30. The molecule has 0 radical (unpaired) electrons. The number of halogens is 3. The molecule has 0 saturated carbocycles. The van der Waals surface area contributed by atoms with Crippen LogP contribution in [-0.4, -0.2) is 52.8 Å². The molecule has 0 atom stereocenters. The fourth-order valence-electron chi connectivity index (χ4n) is 4.48. The molecular weight excluding hydrogens is 533 g/mol. The average molecular weight is 563 g/mol. The van der Waals surface area contributed by atoms with Crippen LogP contribution in [0.5, 0.6) is 5.75 Å². The predicted octanol–water partition coefficient (Wildman–Crippen LogP) is 5.57. The number of carbonyl (C=O) groups is 2. The molecule has 1 aromatic carbocycles. The van der Waals surface area contributed by atoms with Gasteiger partial charge in [0.1, 0.15) is 22.3 Å². The maximum Gasteiger partial charge on any atom is 0.573 e. The molecule has 0 N–H and O–H groups in total. The highest BCUT2D eigenvalue weighted by atomic mass is 32.1. The quantitative estimate of drug-likeness (QED) is 0.247. The second kappa shape index (κ2) is 12.1. The Kier molecular flexibility index (Phi) is 8.83. The number of esters is 1. The van der Waals surface area contributed by atoms with Gasteiger partial charge in [0, 0.05) is 23.5 Å². The van der Waals surface area contributed by atoms with E-state index in [0.29, 0.717) is 66.6 Å². The summed E-state index contributed by atoms with van der Waals surface area (Å²) >= 11 is 1.34. The Labute approximate surface area is 228 Å². The third-order valence-corrected chi connectivity index (χ3v) is 7.49. The first-order valence-corrected chi connectivity index (χ1v) is 13.5. The Morgan fingerprint density at radius 2 is 1.85 bits per heavy atom. The van der Waals surface area contributed by atoms with E-state index < -0.39 is 6.36 Å². The topological polar surface area (TPSA) is 94.5 Å². The van der Waals surface area contributed by atoms with Crippen molar-refractivity contribution in [1.82, 2.24) is 15.0 Å². The molecular formula is C27H29F3N4O4S. The van der Waals surface area contributed by atoms with Crippen molar-refractivity contribution in [3.8, 4) is 17.0 Å². The van der Waals surface area contributed by atoms with Gasteiger partial charge in [0.05, 0.1) is 37.0 Å². The fraction of sp³-hybridized carbons (Fsp3) is 0.444. The van der Waals surface area contributed by atoms with E-state index in [4.69, 9.17) is 4.74 Å². The van der Waals surface area contributed by atoms with Crippen molar-refractivity contribution in [1.29, 1.82) is 0 Å². The summed E-state index contributed by atoms with van der Waals surface area (Å²) < 4.78 is 47.5. The van der Waals surface area contributed by atoms with Crippen molar-refractivity contribution in [3.63, 3.8) is 0 Å². The maximum absolute atomic E-state index is 12.9. The zero-order valence-corrected chi connectivity index (χ0v) is 22.7. The number of aromatic nitrogens is 3. The number of hydrogen-bond acceptors (Lipinski definition) is 9. The van der Waals surface area contributed by atoms with E-state index in [2.05, 4.69) is 19.7 Å². The van der Waals surface area contributed by atoms with Gasteiger partial charge in [-0.25, -0.2) is 15.0 Å². The summed E-state index contributed by atoms with van der Waals surface area (Å²) in [6, 6.07) is 4.35. The van der Waals surface area contributed by atoms with Crippen molar-refractivity contribution in [2.24, 2.45) is 5.92 Å². The SMILES string of the molecule is CCOC(=O)C1CCN(c2cnc(C(=O)Cc3nc(-c4cc(C)cc(OC(F)(F)F)c4)c(CC)s3)cn2)CC1. The number of alkyl halides is 3. The van der Waals surface area contributed by atoms with E-state index in [1.165, 1.54) is 29.7 Å². The van der Waals surface area contributed by atoms with Crippen molar-refractivity contribution in [3.05, 3.63) is 51.7 Å². The van der Waals surface area contributed by atoms with Gasteiger partial charge in [0.25, 0.3) is 0 Å². The molecule has 1 aliphatic rings. The van der Waals surface area contributed by atoms with Crippen LogP contribution in [0.25, 0.3) is 11.3 Å². The lowest BCUT2D eigenvalue weighted by atomic mass is 9.97. The van der Waals surface area contributed by atoms with Crippen LogP contribution in [0.15, 0.2) is 30.6 Å². The zero-order valence-electron chi connectivity index (χ0n) is 21.9. The van der Waals surface area contributed by atoms with Gasteiger partial charge < -0.3 is 14.4 Å². The van der Waals surface area contributed by atoms with E-state index in [-0.39, 0.29) is 35.5 Å². The number of ketones is 1. The van der Waals surface area contributed by atoms with Crippen LogP contribution in [0.3, 0.4) is 0 Å². The van der Waals surface area contributed by atoms with Crippen molar-refractivity contribution >= 4 is 28.9 Å². The Balaban J connectivity index is 1.43. The number of carbonyl (C=O) groups excluding carboxylic acids is 2. The molecule has 0 unspecified atom stereocenters. The first-order chi connectivity index (χ1) is 18.6. The Morgan fingerprint density at radius 3 is 2.46 bits per heavy atom. The van der Waals surface area contributed by atoms with Gasteiger partial charge in [-0.15, -0.1) is 24.5 Å². The number of piperidine rings is 1. The smallest absolute Gasteiger partial charge is 0.466 e. The molecule has 1 fully saturated rings. The number of benzene rings is 1. The molecule has 0 amide bonds. The first-order valence-electron chi connectivity index (χ1n) is 12.7.